The van der Waals surface area contributed by atoms with Gasteiger partial charge in [0.2, 0.25) is 0 Å². The highest BCUT2D eigenvalue weighted by molar-refractivity contribution is 9.10. The summed E-state index contributed by atoms with van der Waals surface area (Å²) in [6, 6.07) is 3.64. The van der Waals surface area contributed by atoms with Gasteiger partial charge < -0.3 is 14.2 Å². The number of hydrogen-bond acceptors (Lipinski definition) is 5. The van der Waals surface area contributed by atoms with Crippen molar-refractivity contribution in [2.45, 2.75) is 6.92 Å². The van der Waals surface area contributed by atoms with Gasteiger partial charge in [0.25, 0.3) is 0 Å². The van der Waals surface area contributed by atoms with Crippen LogP contribution in [-0.4, -0.2) is 31.8 Å². The van der Waals surface area contributed by atoms with Crippen LogP contribution < -0.4 is 4.74 Å². The summed E-state index contributed by atoms with van der Waals surface area (Å²) in [7, 11) is 0. The molecule has 0 aliphatic rings. The first-order chi connectivity index (χ1) is 9.02. The van der Waals surface area contributed by atoms with Gasteiger partial charge in [0.05, 0.1) is 11.1 Å². The van der Waals surface area contributed by atoms with Crippen molar-refractivity contribution in [2.24, 2.45) is 0 Å². The summed E-state index contributed by atoms with van der Waals surface area (Å²) in [5.41, 5.74) is 0. The van der Waals surface area contributed by atoms with Gasteiger partial charge in [-0.05, 0) is 41.1 Å². The summed E-state index contributed by atoms with van der Waals surface area (Å²) in [6.07, 6.45) is 0. The fourth-order valence-corrected chi connectivity index (χ4v) is 1.56. The Hall–Kier alpha value is -1.47. The average molecular weight is 335 g/mol. The summed E-state index contributed by atoms with van der Waals surface area (Å²) < 4.78 is 27.4. The standard InChI is InChI=1S/C12H12BrFO5/c1-2-18-11(15)6-17-7-12(16)19-10-4-3-8(14)5-9(10)13/h3-5H,2,6-7H2,1H3. The highest BCUT2D eigenvalue weighted by Gasteiger charge is 2.10. The summed E-state index contributed by atoms with van der Waals surface area (Å²) in [4.78, 5) is 22.3. The fourth-order valence-electron chi connectivity index (χ4n) is 1.13. The van der Waals surface area contributed by atoms with E-state index in [2.05, 4.69) is 20.7 Å². The van der Waals surface area contributed by atoms with E-state index < -0.39 is 24.4 Å². The lowest BCUT2D eigenvalue weighted by Crippen LogP contribution is -2.20. The number of rotatable bonds is 6. The van der Waals surface area contributed by atoms with Crippen LogP contribution in [0.15, 0.2) is 22.7 Å². The second kappa shape index (κ2) is 7.85. The molecule has 1 aromatic rings. The molecule has 0 spiro atoms. The number of carbonyl (C=O) groups excluding carboxylic acids is 2. The highest BCUT2D eigenvalue weighted by atomic mass is 79.9. The van der Waals surface area contributed by atoms with E-state index in [0.29, 0.717) is 4.47 Å². The van der Waals surface area contributed by atoms with Crippen molar-refractivity contribution in [1.82, 2.24) is 0 Å². The van der Waals surface area contributed by atoms with Crippen molar-refractivity contribution in [3.63, 3.8) is 0 Å². The molecule has 0 aliphatic carbocycles. The van der Waals surface area contributed by atoms with E-state index in [-0.39, 0.29) is 19.0 Å². The third-order valence-corrected chi connectivity index (χ3v) is 2.48. The molecule has 0 fully saturated rings. The van der Waals surface area contributed by atoms with Crippen LogP contribution >= 0.6 is 15.9 Å². The van der Waals surface area contributed by atoms with Gasteiger partial charge in [0, 0.05) is 0 Å². The normalized spacial score (nSPS) is 10.1. The van der Waals surface area contributed by atoms with Crippen molar-refractivity contribution in [2.75, 3.05) is 19.8 Å². The largest absolute Gasteiger partial charge is 0.464 e. The van der Waals surface area contributed by atoms with Crippen LogP contribution in [0.3, 0.4) is 0 Å². The van der Waals surface area contributed by atoms with E-state index >= 15 is 0 Å². The Balaban J connectivity index is 2.37. The Bertz CT molecular complexity index is 463. The van der Waals surface area contributed by atoms with Gasteiger partial charge in [-0.15, -0.1) is 0 Å². The molecule has 0 saturated carbocycles. The maximum absolute atomic E-state index is 12.8. The zero-order valence-corrected chi connectivity index (χ0v) is 11.7. The second-order valence-corrected chi connectivity index (χ2v) is 4.20. The fraction of sp³-hybridized carbons (Fsp3) is 0.333. The van der Waals surface area contributed by atoms with Crippen LogP contribution in [0.2, 0.25) is 0 Å². The molecule has 0 heterocycles. The maximum Gasteiger partial charge on any atom is 0.337 e. The van der Waals surface area contributed by atoms with E-state index in [1.165, 1.54) is 12.1 Å². The van der Waals surface area contributed by atoms with Gasteiger partial charge >= 0.3 is 11.9 Å². The quantitative estimate of drug-likeness (QED) is 0.588. The second-order valence-electron chi connectivity index (χ2n) is 3.35. The molecule has 0 N–H and O–H groups in total. The predicted molar refractivity (Wildman–Crippen MR) is 67.2 cm³/mol. The van der Waals surface area contributed by atoms with Crippen molar-refractivity contribution in [1.29, 1.82) is 0 Å². The van der Waals surface area contributed by atoms with Crippen LogP contribution in [0.25, 0.3) is 0 Å². The van der Waals surface area contributed by atoms with E-state index in [1.54, 1.807) is 6.92 Å². The lowest BCUT2D eigenvalue weighted by molar-refractivity contribution is -0.151. The molecule has 7 heteroatoms. The predicted octanol–water partition coefficient (Wildman–Crippen LogP) is 2.07. The molecule has 0 unspecified atom stereocenters. The molecule has 0 bridgehead atoms. The van der Waals surface area contributed by atoms with Crippen LogP contribution in [0.5, 0.6) is 5.75 Å². The Morgan fingerprint density at radius 2 is 1.95 bits per heavy atom. The van der Waals surface area contributed by atoms with Gasteiger partial charge in [-0.2, -0.15) is 0 Å². The summed E-state index contributed by atoms with van der Waals surface area (Å²) in [5, 5.41) is 0. The lowest BCUT2D eigenvalue weighted by atomic mass is 10.3. The summed E-state index contributed by atoms with van der Waals surface area (Å²) in [6.45, 7) is 1.18. The third-order valence-electron chi connectivity index (χ3n) is 1.86. The number of esters is 2. The summed E-state index contributed by atoms with van der Waals surface area (Å²) in [5.74, 6) is -1.54. The van der Waals surface area contributed by atoms with Gasteiger partial charge in [0.1, 0.15) is 24.8 Å². The molecule has 5 nitrogen and oxygen atoms in total. The number of benzene rings is 1. The molecule has 19 heavy (non-hydrogen) atoms. The molecule has 0 saturated heterocycles. The van der Waals surface area contributed by atoms with E-state index in [1.807, 2.05) is 0 Å². The van der Waals surface area contributed by atoms with Crippen molar-refractivity contribution in [3.8, 4) is 5.75 Å². The molecule has 0 amide bonds. The zero-order valence-electron chi connectivity index (χ0n) is 10.2. The Morgan fingerprint density at radius 3 is 2.58 bits per heavy atom. The summed E-state index contributed by atoms with van der Waals surface area (Å²) >= 11 is 3.06. The number of halogens is 2. The van der Waals surface area contributed by atoms with Crippen LogP contribution in [0.4, 0.5) is 4.39 Å². The van der Waals surface area contributed by atoms with Crippen LogP contribution in [-0.2, 0) is 19.1 Å². The van der Waals surface area contributed by atoms with Crippen molar-refractivity contribution in [3.05, 3.63) is 28.5 Å². The number of hydrogen-bond donors (Lipinski definition) is 0. The number of carbonyl (C=O) groups is 2. The molecular weight excluding hydrogens is 323 g/mol. The van der Waals surface area contributed by atoms with Gasteiger partial charge in [0.15, 0.2) is 0 Å². The monoisotopic (exact) mass is 334 g/mol. The van der Waals surface area contributed by atoms with Crippen molar-refractivity contribution < 1.29 is 28.2 Å². The first-order valence-electron chi connectivity index (χ1n) is 5.42. The smallest absolute Gasteiger partial charge is 0.337 e. The SMILES string of the molecule is CCOC(=O)COCC(=O)Oc1ccc(F)cc1Br. The molecule has 0 aliphatic heterocycles. The minimum Gasteiger partial charge on any atom is -0.464 e. The zero-order chi connectivity index (χ0) is 14.3. The minimum atomic E-state index is -0.698. The Kier molecular flexibility index (Phi) is 6.44. The maximum atomic E-state index is 12.8. The molecule has 1 rings (SSSR count). The molecule has 0 atom stereocenters. The van der Waals surface area contributed by atoms with Crippen LogP contribution in [0.1, 0.15) is 6.92 Å². The molecule has 104 valence electrons. The van der Waals surface area contributed by atoms with Crippen LogP contribution in [0, 0.1) is 5.82 Å². The molecule has 0 aromatic heterocycles. The molecular formula is C12H12BrFO5. The third kappa shape index (κ3) is 5.80. The highest BCUT2D eigenvalue weighted by Crippen LogP contribution is 2.25. The number of ether oxygens (including phenoxy) is 3. The topological polar surface area (TPSA) is 61.8 Å². The average Bonchev–Trinajstić information content (AvgIpc) is 2.33. The molecule has 0 radical (unpaired) electrons. The first kappa shape index (κ1) is 15.6. The van der Waals surface area contributed by atoms with E-state index in [0.717, 1.165) is 6.07 Å². The minimum absolute atomic E-state index is 0.172. The Morgan fingerprint density at radius 1 is 1.26 bits per heavy atom. The Labute approximate surface area is 117 Å². The van der Waals surface area contributed by atoms with Gasteiger partial charge in [-0.1, -0.05) is 0 Å². The first-order valence-corrected chi connectivity index (χ1v) is 6.21. The van der Waals surface area contributed by atoms with Crippen molar-refractivity contribution >= 4 is 27.9 Å². The van der Waals surface area contributed by atoms with E-state index in [4.69, 9.17) is 9.47 Å². The van der Waals surface area contributed by atoms with Gasteiger partial charge in [-0.3, -0.25) is 0 Å². The van der Waals surface area contributed by atoms with E-state index in [9.17, 15) is 14.0 Å². The van der Waals surface area contributed by atoms with Gasteiger partial charge in [-0.25, -0.2) is 14.0 Å². The molecule has 1 aromatic carbocycles. The lowest BCUT2D eigenvalue weighted by Gasteiger charge is -2.07.